The van der Waals surface area contributed by atoms with Crippen LogP contribution >= 0.6 is 11.3 Å². The third-order valence-electron chi connectivity index (χ3n) is 2.19. The normalized spacial score (nSPS) is 11.7. The van der Waals surface area contributed by atoms with Gasteiger partial charge in [0.25, 0.3) is 0 Å². The van der Waals surface area contributed by atoms with Gasteiger partial charge in [-0.15, -0.1) is 11.3 Å². The number of hydrogen-bond acceptors (Lipinski definition) is 6. The lowest BCUT2D eigenvalue weighted by molar-refractivity contribution is -0.402. The monoisotopic (exact) mass is 261 g/mol. The van der Waals surface area contributed by atoms with Crippen LogP contribution in [0.5, 0.6) is 0 Å². The Bertz CT molecular complexity index is 649. The smallest absolute Gasteiger partial charge is 0.399 e. The summed E-state index contributed by atoms with van der Waals surface area (Å²) in [4.78, 5) is 10.5. The van der Waals surface area contributed by atoms with Gasteiger partial charge in [-0.05, 0) is 17.5 Å². The molecular formula is C11H7N3O3S. The van der Waals surface area contributed by atoms with Crippen LogP contribution in [0.1, 0.15) is 10.6 Å². The molecule has 2 rings (SSSR count). The van der Waals surface area contributed by atoms with Gasteiger partial charge in [-0.2, -0.15) is 5.26 Å². The summed E-state index contributed by atoms with van der Waals surface area (Å²) in [5.41, 5.74) is 6.14. The first kappa shape index (κ1) is 11.9. The zero-order chi connectivity index (χ0) is 13.1. The topological polar surface area (TPSA) is 106 Å². The third kappa shape index (κ3) is 2.09. The number of nitrogens with two attached hydrogens (primary N) is 1. The molecule has 0 aromatic carbocycles. The Hall–Kier alpha value is -2.59. The Kier molecular flexibility index (Phi) is 3.12. The van der Waals surface area contributed by atoms with Gasteiger partial charge in [0.1, 0.15) is 11.0 Å². The van der Waals surface area contributed by atoms with E-state index in [0.29, 0.717) is 4.88 Å². The first-order valence-electron chi connectivity index (χ1n) is 4.82. The van der Waals surface area contributed by atoms with Crippen LogP contribution in [0.15, 0.2) is 34.1 Å². The van der Waals surface area contributed by atoms with Gasteiger partial charge >= 0.3 is 5.88 Å². The lowest BCUT2D eigenvalue weighted by Crippen LogP contribution is -1.98. The third-order valence-corrected chi connectivity index (χ3v) is 3.07. The largest absolute Gasteiger partial charge is 0.433 e. The number of nitriles is 1. The molecule has 18 heavy (non-hydrogen) atoms. The molecular weight excluding hydrogens is 254 g/mol. The highest BCUT2D eigenvalue weighted by Crippen LogP contribution is 2.28. The van der Waals surface area contributed by atoms with Gasteiger partial charge < -0.3 is 10.2 Å². The van der Waals surface area contributed by atoms with Crippen molar-refractivity contribution in [2.45, 2.75) is 0 Å². The highest BCUT2D eigenvalue weighted by Gasteiger charge is 2.17. The standard InChI is InChI=1S/C11H7N3O3S/c12-6-7(9-2-1-5-18-9)11(13)8-3-4-10(17-8)14(15)16/h1-5H,13H2/b11-7-. The summed E-state index contributed by atoms with van der Waals surface area (Å²) in [6, 6.07) is 8.08. The molecule has 0 saturated heterocycles. The summed E-state index contributed by atoms with van der Waals surface area (Å²) in [6.07, 6.45) is 0. The second-order valence-corrected chi connectivity index (χ2v) is 4.22. The van der Waals surface area contributed by atoms with E-state index in [0.717, 1.165) is 0 Å². The summed E-state index contributed by atoms with van der Waals surface area (Å²) in [5.74, 6) is -0.289. The van der Waals surface area contributed by atoms with E-state index in [1.807, 2.05) is 11.4 Å². The Morgan fingerprint density at radius 3 is 2.78 bits per heavy atom. The molecule has 2 heterocycles. The van der Waals surface area contributed by atoms with Crippen molar-refractivity contribution in [3.63, 3.8) is 0 Å². The van der Waals surface area contributed by atoms with E-state index in [2.05, 4.69) is 0 Å². The van der Waals surface area contributed by atoms with E-state index in [-0.39, 0.29) is 17.0 Å². The average molecular weight is 261 g/mol. The van der Waals surface area contributed by atoms with Gasteiger partial charge in [-0.1, -0.05) is 6.07 Å². The van der Waals surface area contributed by atoms with E-state index in [1.54, 1.807) is 12.1 Å². The molecule has 7 heteroatoms. The quantitative estimate of drug-likeness (QED) is 0.519. The van der Waals surface area contributed by atoms with Crippen molar-refractivity contribution in [2.75, 3.05) is 0 Å². The molecule has 0 aliphatic carbocycles. The highest BCUT2D eigenvalue weighted by atomic mass is 32.1. The molecule has 2 aromatic rings. The van der Waals surface area contributed by atoms with Crippen LogP contribution < -0.4 is 5.73 Å². The van der Waals surface area contributed by atoms with Gasteiger partial charge in [0, 0.05) is 4.88 Å². The molecule has 2 N–H and O–H groups in total. The molecule has 0 unspecified atom stereocenters. The first-order valence-corrected chi connectivity index (χ1v) is 5.69. The fraction of sp³-hybridized carbons (Fsp3) is 0. The Balaban J connectivity index is 2.48. The average Bonchev–Trinajstić information content (AvgIpc) is 3.01. The minimum atomic E-state index is -0.659. The SMILES string of the molecule is N#C/C(=C(/N)c1ccc([N+](=O)[O-])o1)c1cccs1. The molecule has 0 saturated carbocycles. The van der Waals surface area contributed by atoms with E-state index in [9.17, 15) is 10.1 Å². The zero-order valence-electron chi connectivity index (χ0n) is 8.99. The predicted molar refractivity (Wildman–Crippen MR) is 66.3 cm³/mol. The molecule has 0 bridgehead atoms. The maximum atomic E-state index is 10.5. The van der Waals surface area contributed by atoms with Crippen molar-refractivity contribution in [1.82, 2.24) is 0 Å². The fourth-order valence-electron chi connectivity index (χ4n) is 1.36. The fourth-order valence-corrected chi connectivity index (χ4v) is 2.10. The molecule has 0 spiro atoms. The van der Waals surface area contributed by atoms with Crippen LogP contribution in [-0.2, 0) is 0 Å². The molecule has 2 aromatic heterocycles. The van der Waals surface area contributed by atoms with Crippen LogP contribution in [0, 0.1) is 21.4 Å². The lowest BCUT2D eigenvalue weighted by Gasteiger charge is -1.99. The molecule has 0 aliphatic rings. The molecule has 6 nitrogen and oxygen atoms in total. The van der Waals surface area contributed by atoms with E-state index in [1.165, 1.54) is 23.5 Å². The summed E-state index contributed by atoms with van der Waals surface area (Å²) in [5, 5.41) is 21.4. The van der Waals surface area contributed by atoms with Crippen molar-refractivity contribution >= 4 is 28.5 Å². The van der Waals surface area contributed by atoms with Crippen LogP contribution in [0.3, 0.4) is 0 Å². The van der Waals surface area contributed by atoms with Crippen molar-refractivity contribution in [3.05, 3.63) is 50.4 Å². The van der Waals surface area contributed by atoms with Crippen molar-refractivity contribution in [1.29, 1.82) is 5.26 Å². The predicted octanol–water partition coefficient (Wildman–Crippen LogP) is 2.60. The van der Waals surface area contributed by atoms with E-state index >= 15 is 0 Å². The van der Waals surface area contributed by atoms with Gasteiger partial charge in [0.15, 0.2) is 5.76 Å². The Labute approximate surface area is 106 Å². The number of hydrogen-bond donors (Lipinski definition) is 1. The first-order chi connectivity index (χ1) is 8.63. The van der Waals surface area contributed by atoms with Gasteiger partial charge in [0.05, 0.1) is 17.3 Å². The van der Waals surface area contributed by atoms with Crippen LogP contribution in [0.2, 0.25) is 0 Å². The zero-order valence-corrected chi connectivity index (χ0v) is 9.81. The molecule has 0 fully saturated rings. The molecule has 0 amide bonds. The molecule has 0 atom stereocenters. The van der Waals surface area contributed by atoms with Gasteiger partial charge in [-0.25, -0.2) is 0 Å². The van der Waals surface area contributed by atoms with E-state index in [4.69, 9.17) is 15.4 Å². The summed E-state index contributed by atoms with van der Waals surface area (Å²) >= 11 is 1.36. The molecule has 90 valence electrons. The molecule has 0 radical (unpaired) electrons. The number of thiophene rings is 1. The number of nitrogens with zero attached hydrogens (tertiary/aromatic N) is 2. The van der Waals surface area contributed by atoms with E-state index < -0.39 is 10.8 Å². The van der Waals surface area contributed by atoms with Crippen molar-refractivity contribution < 1.29 is 9.34 Å². The number of allylic oxidation sites excluding steroid dienone is 1. The number of rotatable bonds is 3. The maximum Gasteiger partial charge on any atom is 0.433 e. The lowest BCUT2D eigenvalue weighted by atomic mass is 10.1. The Morgan fingerprint density at radius 1 is 1.50 bits per heavy atom. The van der Waals surface area contributed by atoms with Gasteiger partial charge in [-0.3, -0.25) is 10.1 Å². The minimum absolute atomic E-state index is 0.0908. The summed E-state index contributed by atoms with van der Waals surface area (Å²) in [7, 11) is 0. The second-order valence-electron chi connectivity index (χ2n) is 3.27. The van der Waals surface area contributed by atoms with Gasteiger partial charge in [0.2, 0.25) is 0 Å². The second kappa shape index (κ2) is 4.73. The molecule has 0 aliphatic heterocycles. The minimum Gasteiger partial charge on any atom is -0.399 e. The van der Waals surface area contributed by atoms with Crippen molar-refractivity contribution in [3.8, 4) is 6.07 Å². The van der Waals surface area contributed by atoms with Crippen molar-refractivity contribution in [2.24, 2.45) is 5.73 Å². The van der Waals surface area contributed by atoms with Crippen LogP contribution in [0.25, 0.3) is 11.3 Å². The maximum absolute atomic E-state index is 10.5. The Morgan fingerprint density at radius 2 is 2.28 bits per heavy atom. The van der Waals surface area contributed by atoms with Crippen LogP contribution in [-0.4, -0.2) is 4.92 Å². The highest BCUT2D eigenvalue weighted by molar-refractivity contribution is 7.11. The number of furan rings is 1. The number of nitro groups is 1. The summed E-state index contributed by atoms with van der Waals surface area (Å²) < 4.78 is 4.96. The van der Waals surface area contributed by atoms with Crippen LogP contribution in [0.4, 0.5) is 5.88 Å². The summed E-state index contributed by atoms with van der Waals surface area (Å²) in [6.45, 7) is 0.